The number of aromatic nitrogens is 1. The molecular weight excluding hydrogens is 204 g/mol. The topological polar surface area (TPSA) is 45.3 Å². The van der Waals surface area contributed by atoms with Crippen LogP contribution in [0.15, 0.2) is 18.2 Å². The Labute approximate surface area is 93.8 Å². The lowest BCUT2D eigenvalue weighted by Gasteiger charge is -2.16. The molecule has 1 N–H and O–H groups in total. The van der Waals surface area contributed by atoms with E-state index in [9.17, 15) is 4.79 Å². The number of nitrogens with zero attached hydrogens (tertiary/aromatic N) is 1. The molecule has 4 nitrogen and oxygen atoms in total. The lowest BCUT2D eigenvalue weighted by molar-refractivity contribution is -0.131. The third kappa shape index (κ3) is 1.86. The number of H-pyrrole nitrogens is 1. The van der Waals surface area contributed by atoms with Gasteiger partial charge in [0.2, 0.25) is 0 Å². The highest BCUT2D eigenvalue weighted by Gasteiger charge is 2.10. The van der Waals surface area contributed by atoms with Crippen LogP contribution in [0.2, 0.25) is 0 Å². The van der Waals surface area contributed by atoms with Crippen molar-refractivity contribution in [2.45, 2.75) is 6.92 Å². The van der Waals surface area contributed by atoms with Gasteiger partial charge in [-0.1, -0.05) is 0 Å². The van der Waals surface area contributed by atoms with Crippen molar-refractivity contribution in [1.29, 1.82) is 0 Å². The Bertz CT molecular complexity index is 529. The summed E-state index contributed by atoms with van der Waals surface area (Å²) in [4.78, 5) is 15.9. The fourth-order valence-electron chi connectivity index (χ4n) is 1.59. The Morgan fingerprint density at radius 1 is 1.44 bits per heavy atom. The molecular formula is C12H13N2O2. The fourth-order valence-corrected chi connectivity index (χ4v) is 1.59. The summed E-state index contributed by atoms with van der Waals surface area (Å²) in [6.45, 7) is 1.40. The van der Waals surface area contributed by atoms with Gasteiger partial charge in [-0.15, -0.1) is 0 Å². The standard InChI is InChI=1S/C12H13N2O2/c1-8(15)16-12-6-9-4-5-13-10(9)7-11(12)14(2)3/h4,6-7,13H,1-3H3. The molecule has 0 atom stereocenters. The number of rotatable bonds is 2. The summed E-state index contributed by atoms with van der Waals surface area (Å²) >= 11 is 0. The Hall–Kier alpha value is -1.97. The molecule has 83 valence electrons. The summed E-state index contributed by atoms with van der Waals surface area (Å²) < 4.78 is 5.18. The van der Waals surface area contributed by atoms with Crippen molar-refractivity contribution in [3.63, 3.8) is 0 Å². The largest absolute Gasteiger partial charge is 0.424 e. The first-order valence-corrected chi connectivity index (χ1v) is 4.96. The second-order valence-electron chi connectivity index (χ2n) is 3.81. The molecule has 0 unspecified atom stereocenters. The molecule has 0 aliphatic carbocycles. The van der Waals surface area contributed by atoms with Crippen molar-refractivity contribution in [1.82, 2.24) is 4.98 Å². The van der Waals surface area contributed by atoms with Crippen LogP contribution in [0, 0.1) is 6.20 Å². The zero-order chi connectivity index (χ0) is 11.7. The van der Waals surface area contributed by atoms with Crippen molar-refractivity contribution < 1.29 is 9.53 Å². The second-order valence-corrected chi connectivity index (χ2v) is 3.81. The first kappa shape index (κ1) is 10.5. The van der Waals surface area contributed by atoms with Crippen LogP contribution in [-0.4, -0.2) is 25.0 Å². The van der Waals surface area contributed by atoms with Gasteiger partial charge < -0.3 is 14.6 Å². The van der Waals surface area contributed by atoms with E-state index < -0.39 is 0 Å². The average molecular weight is 217 g/mol. The van der Waals surface area contributed by atoms with Gasteiger partial charge in [-0.25, -0.2) is 0 Å². The number of aromatic amines is 1. The Morgan fingerprint density at radius 3 is 2.81 bits per heavy atom. The number of carbonyl (C=O) groups excluding carboxylic acids is 1. The van der Waals surface area contributed by atoms with Gasteiger partial charge in [0.05, 0.1) is 11.9 Å². The zero-order valence-corrected chi connectivity index (χ0v) is 9.50. The molecule has 2 aromatic rings. The highest BCUT2D eigenvalue weighted by molar-refractivity contribution is 5.87. The molecule has 0 amide bonds. The minimum atomic E-state index is -0.318. The first-order valence-electron chi connectivity index (χ1n) is 4.96. The number of anilines is 1. The first-order chi connectivity index (χ1) is 7.58. The molecule has 4 heteroatoms. The number of carbonyl (C=O) groups is 1. The van der Waals surface area contributed by atoms with Gasteiger partial charge in [0.1, 0.15) is 0 Å². The van der Waals surface area contributed by atoms with Gasteiger partial charge in [0.15, 0.2) is 5.75 Å². The van der Waals surface area contributed by atoms with Crippen LogP contribution in [0.25, 0.3) is 10.9 Å². The van der Waals surface area contributed by atoms with E-state index in [0.29, 0.717) is 5.75 Å². The van der Waals surface area contributed by atoms with E-state index in [-0.39, 0.29) is 5.97 Å². The highest BCUT2D eigenvalue weighted by Crippen LogP contribution is 2.31. The molecule has 16 heavy (non-hydrogen) atoms. The summed E-state index contributed by atoms with van der Waals surface area (Å²) in [7, 11) is 3.81. The third-order valence-electron chi connectivity index (χ3n) is 2.30. The summed E-state index contributed by atoms with van der Waals surface area (Å²) in [6.07, 6.45) is 2.90. The van der Waals surface area contributed by atoms with Gasteiger partial charge in [-0.05, 0) is 18.2 Å². The third-order valence-corrected chi connectivity index (χ3v) is 2.30. The maximum Gasteiger partial charge on any atom is 0.308 e. The Morgan fingerprint density at radius 2 is 2.19 bits per heavy atom. The Kier molecular flexibility index (Phi) is 2.56. The lowest BCUT2D eigenvalue weighted by Crippen LogP contribution is -2.12. The molecule has 1 heterocycles. The molecule has 0 aliphatic heterocycles. The van der Waals surface area contributed by atoms with Crippen molar-refractivity contribution in [3.8, 4) is 5.75 Å². The number of hydrogen-bond donors (Lipinski definition) is 1. The van der Waals surface area contributed by atoms with Crippen LogP contribution in [0.3, 0.4) is 0 Å². The van der Waals surface area contributed by atoms with E-state index in [1.54, 1.807) is 0 Å². The minimum absolute atomic E-state index is 0.318. The molecule has 1 aromatic carbocycles. The summed E-state index contributed by atoms with van der Waals surface area (Å²) in [5.41, 5.74) is 1.83. The predicted molar refractivity (Wildman–Crippen MR) is 62.8 cm³/mol. The maximum atomic E-state index is 11.0. The minimum Gasteiger partial charge on any atom is -0.424 e. The fraction of sp³-hybridized carbons (Fsp3) is 0.250. The van der Waals surface area contributed by atoms with Crippen molar-refractivity contribution in [2.75, 3.05) is 19.0 Å². The Balaban J connectivity index is 2.57. The maximum absolute atomic E-state index is 11.0. The number of fused-ring (bicyclic) bond motifs is 1. The zero-order valence-electron chi connectivity index (χ0n) is 9.50. The van der Waals surface area contributed by atoms with E-state index in [2.05, 4.69) is 11.2 Å². The quantitative estimate of drug-likeness (QED) is 0.617. The molecule has 1 radical (unpaired) electrons. The summed E-state index contributed by atoms with van der Waals surface area (Å²) in [6, 6.07) is 5.59. The van der Waals surface area contributed by atoms with Gasteiger partial charge >= 0.3 is 5.97 Å². The molecule has 1 aromatic heterocycles. The summed E-state index contributed by atoms with van der Waals surface area (Å²) in [5.74, 6) is 0.250. The number of esters is 1. The van der Waals surface area contributed by atoms with Crippen LogP contribution in [0.4, 0.5) is 5.69 Å². The van der Waals surface area contributed by atoms with E-state index >= 15 is 0 Å². The van der Waals surface area contributed by atoms with Crippen LogP contribution in [-0.2, 0) is 4.79 Å². The number of hydrogen-bond acceptors (Lipinski definition) is 3. The molecule has 0 bridgehead atoms. The number of ether oxygens (including phenoxy) is 1. The van der Waals surface area contributed by atoms with Gasteiger partial charge in [0.25, 0.3) is 0 Å². The smallest absolute Gasteiger partial charge is 0.308 e. The van der Waals surface area contributed by atoms with Crippen LogP contribution in [0.5, 0.6) is 5.75 Å². The van der Waals surface area contributed by atoms with E-state index in [1.165, 1.54) is 6.92 Å². The molecule has 2 rings (SSSR count). The number of benzene rings is 1. The lowest BCUT2D eigenvalue weighted by atomic mass is 10.2. The van der Waals surface area contributed by atoms with Gasteiger partial charge in [0, 0.05) is 31.9 Å². The van der Waals surface area contributed by atoms with Gasteiger partial charge in [-0.3, -0.25) is 4.79 Å². The van der Waals surface area contributed by atoms with Crippen LogP contribution < -0.4 is 9.64 Å². The molecule has 0 saturated heterocycles. The van der Waals surface area contributed by atoms with E-state index in [0.717, 1.165) is 16.6 Å². The van der Waals surface area contributed by atoms with E-state index in [1.807, 2.05) is 37.2 Å². The monoisotopic (exact) mass is 217 g/mol. The predicted octanol–water partition coefficient (Wildman–Crippen LogP) is 1.96. The normalized spacial score (nSPS) is 10.4. The molecule has 0 fully saturated rings. The highest BCUT2D eigenvalue weighted by atomic mass is 16.5. The average Bonchev–Trinajstić information content (AvgIpc) is 2.62. The van der Waals surface area contributed by atoms with Crippen LogP contribution in [0.1, 0.15) is 6.92 Å². The van der Waals surface area contributed by atoms with Crippen molar-refractivity contribution in [3.05, 3.63) is 24.4 Å². The van der Waals surface area contributed by atoms with Crippen molar-refractivity contribution >= 4 is 22.6 Å². The van der Waals surface area contributed by atoms with Crippen LogP contribution >= 0.6 is 0 Å². The number of nitrogens with one attached hydrogen (secondary N) is 1. The second kappa shape index (κ2) is 3.89. The van der Waals surface area contributed by atoms with Gasteiger partial charge in [-0.2, -0.15) is 0 Å². The van der Waals surface area contributed by atoms with E-state index in [4.69, 9.17) is 4.74 Å². The molecule has 0 spiro atoms. The summed E-state index contributed by atoms with van der Waals surface area (Å²) in [5, 5.41) is 0.974. The SMILES string of the molecule is CC(=O)Oc1cc2c[c][nH]c2cc1N(C)C. The molecule has 0 aliphatic rings. The van der Waals surface area contributed by atoms with Crippen molar-refractivity contribution in [2.24, 2.45) is 0 Å². The molecule has 0 saturated carbocycles.